The molecule has 0 aliphatic carbocycles. The molecule has 1 aromatic heterocycles. The molecule has 1 heterocycles. The molecule has 0 fully saturated rings. The van der Waals surface area contributed by atoms with Crippen LogP contribution < -0.4 is 4.80 Å². The Morgan fingerprint density at radius 2 is 2.10 bits per heavy atom. The third-order valence-electron chi connectivity index (χ3n) is 3.94. The lowest BCUT2D eigenvalue weighted by Gasteiger charge is -2.06. The topological polar surface area (TPSA) is 86.7 Å². The quantitative estimate of drug-likeness (QED) is 0.324. The Hall–Kier alpha value is -2.69. The van der Waals surface area contributed by atoms with Crippen LogP contribution in [-0.2, 0) is 11.3 Å². The number of fused-ring (bicyclic) bond motifs is 1. The summed E-state index contributed by atoms with van der Waals surface area (Å²) >= 11 is 6.75. The van der Waals surface area contributed by atoms with Crippen molar-refractivity contribution < 1.29 is 23.2 Å². The van der Waals surface area contributed by atoms with Crippen LogP contribution in [0, 0.1) is 21.7 Å². The van der Waals surface area contributed by atoms with Gasteiger partial charge in [-0.2, -0.15) is 4.99 Å². The SMILES string of the molecule is CCOCCn1c(=NC(=O)c2cc(Cl)ccc2[N+](=O)[O-])sc2cc(F)cc(F)c21. The number of amides is 1. The van der Waals surface area contributed by atoms with E-state index >= 15 is 0 Å². The summed E-state index contributed by atoms with van der Waals surface area (Å²) in [4.78, 5) is 27.2. The number of carbonyl (C=O) groups is 1. The molecular formula is C18H14ClF2N3O4S. The molecule has 0 radical (unpaired) electrons. The summed E-state index contributed by atoms with van der Waals surface area (Å²) in [7, 11) is 0. The molecule has 0 spiro atoms. The van der Waals surface area contributed by atoms with Crippen LogP contribution in [0.25, 0.3) is 10.2 Å². The summed E-state index contributed by atoms with van der Waals surface area (Å²) in [5.41, 5.74) is -0.687. The highest BCUT2D eigenvalue weighted by molar-refractivity contribution is 7.16. The molecule has 0 saturated carbocycles. The van der Waals surface area contributed by atoms with Crippen LogP contribution in [0.4, 0.5) is 14.5 Å². The average molecular weight is 442 g/mol. The van der Waals surface area contributed by atoms with E-state index in [9.17, 15) is 23.7 Å². The molecule has 0 unspecified atom stereocenters. The largest absolute Gasteiger partial charge is 0.380 e. The normalized spacial score (nSPS) is 11.9. The highest BCUT2D eigenvalue weighted by Crippen LogP contribution is 2.25. The van der Waals surface area contributed by atoms with E-state index in [2.05, 4.69) is 4.99 Å². The van der Waals surface area contributed by atoms with Gasteiger partial charge in [-0.3, -0.25) is 14.9 Å². The van der Waals surface area contributed by atoms with Gasteiger partial charge in [0.05, 0.1) is 21.7 Å². The van der Waals surface area contributed by atoms with Crippen molar-refractivity contribution in [2.24, 2.45) is 4.99 Å². The van der Waals surface area contributed by atoms with Gasteiger partial charge in [-0.05, 0) is 25.1 Å². The molecule has 7 nitrogen and oxygen atoms in total. The number of hydrogen-bond acceptors (Lipinski definition) is 5. The van der Waals surface area contributed by atoms with Crippen LogP contribution in [0.5, 0.6) is 0 Å². The van der Waals surface area contributed by atoms with Crippen LogP contribution in [0.3, 0.4) is 0 Å². The number of halogens is 3. The second-order valence-corrected chi connectivity index (χ2v) is 7.25. The highest BCUT2D eigenvalue weighted by Gasteiger charge is 2.21. The zero-order valence-electron chi connectivity index (χ0n) is 15.0. The number of nitrogens with zero attached hydrogens (tertiary/aromatic N) is 3. The molecule has 3 rings (SSSR count). The van der Waals surface area contributed by atoms with Crippen molar-refractivity contribution in [1.82, 2.24) is 4.57 Å². The summed E-state index contributed by atoms with van der Waals surface area (Å²) < 4.78 is 34.9. The van der Waals surface area contributed by atoms with Crippen molar-refractivity contribution in [2.45, 2.75) is 13.5 Å². The molecule has 0 N–H and O–H groups in total. The number of nitro groups is 1. The number of aromatic nitrogens is 1. The minimum atomic E-state index is -0.920. The minimum absolute atomic E-state index is 0.0588. The highest BCUT2D eigenvalue weighted by atomic mass is 35.5. The van der Waals surface area contributed by atoms with Gasteiger partial charge in [0.2, 0.25) is 0 Å². The third-order valence-corrected chi connectivity index (χ3v) is 5.20. The number of nitro benzene ring substituents is 1. The van der Waals surface area contributed by atoms with E-state index in [1.54, 1.807) is 6.92 Å². The Balaban J connectivity index is 2.18. The van der Waals surface area contributed by atoms with E-state index in [0.29, 0.717) is 6.61 Å². The van der Waals surface area contributed by atoms with Crippen molar-refractivity contribution in [2.75, 3.05) is 13.2 Å². The molecule has 11 heteroatoms. The Morgan fingerprint density at radius 1 is 1.34 bits per heavy atom. The minimum Gasteiger partial charge on any atom is -0.380 e. The van der Waals surface area contributed by atoms with Gasteiger partial charge in [0.25, 0.3) is 11.6 Å². The molecule has 3 aromatic rings. The Bertz CT molecular complexity index is 1180. The van der Waals surface area contributed by atoms with Gasteiger partial charge in [0.15, 0.2) is 10.6 Å². The molecular weight excluding hydrogens is 428 g/mol. The fraction of sp³-hybridized carbons (Fsp3) is 0.222. The molecule has 0 aliphatic heterocycles. The Kier molecular flexibility index (Phi) is 6.36. The van der Waals surface area contributed by atoms with Gasteiger partial charge >= 0.3 is 0 Å². The average Bonchev–Trinajstić information content (AvgIpc) is 2.98. The fourth-order valence-electron chi connectivity index (χ4n) is 2.71. The molecule has 0 saturated heterocycles. The Morgan fingerprint density at radius 3 is 2.79 bits per heavy atom. The lowest BCUT2D eigenvalue weighted by Crippen LogP contribution is -2.20. The van der Waals surface area contributed by atoms with Crippen molar-refractivity contribution in [1.29, 1.82) is 0 Å². The van der Waals surface area contributed by atoms with Crippen molar-refractivity contribution in [3.05, 3.63) is 67.5 Å². The number of rotatable bonds is 6. The maximum atomic E-state index is 14.4. The van der Waals surface area contributed by atoms with Crippen LogP contribution in [0.15, 0.2) is 35.3 Å². The van der Waals surface area contributed by atoms with Crippen LogP contribution in [0.2, 0.25) is 5.02 Å². The number of thiazole rings is 1. The van der Waals surface area contributed by atoms with Crippen molar-refractivity contribution in [3.8, 4) is 0 Å². The third kappa shape index (κ3) is 4.50. The number of hydrogen-bond donors (Lipinski definition) is 0. The van der Waals surface area contributed by atoms with E-state index < -0.39 is 28.2 Å². The molecule has 1 amide bonds. The van der Waals surface area contributed by atoms with Crippen molar-refractivity contribution in [3.63, 3.8) is 0 Å². The first-order valence-corrected chi connectivity index (χ1v) is 9.60. The summed E-state index contributed by atoms with van der Waals surface area (Å²) in [5.74, 6) is -2.50. The summed E-state index contributed by atoms with van der Waals surface area (Å²) in [6.45, 7) is 2.58. The Labute approximate surface area is 172 Å². The number of carbonyl (C=O) groups excluding carboxylic acids is 1. The van der Waals surface area contributed by atoms with Crippen LogP contribution in [0.1, 0.15) is 17.3 Å². The second-order valence-electron chi connectivity index (χ2n) is 5.80. The van der Waals surface area contributed by atoms with E-state index in [1.807, 2.05) is 0 Å². The van der Waals surface area contributed by atoms with Crippen LogP contribution >= 0.6 is 22.9 Å². The molecule has 29 heavy (non-hydrogen) atoms. The standard InChI is InChI=1S/C18H14ClF2N3O4S/c1-2-28-6-5-23-16-13(21)8-11(20)9-15(16)29-18(23)22-17(25)12-7-10(19)3-4-14(12)24(26)27/h3-4,7-9H,2,5-6H2,1H3. The number of ether oxygens (including phenoxy) is 1. The fourth-order valence-corrected chi connectivity index (χ4v) is 3.97. The predicted molar refractivity (Wildman–Crippen MR) is 104 cm³/mol. The maximum Gasteiger partial charge on any atom is 0.286 e. The lowest BCUT2D eigenvalue weighted by molar-refractivity contribution is -0.385. The van der Waals surface area contributed by atoms with E-state index in [1.165, 1.54) is 10.6 Å². The maximum absolute atomic E-state index is 14.4. The van der Waals surface area contributed by atoms with Crippen LogP contribution in [-0.4, -0.2) is 28.6 Å². The first kappa shape index (κ1) is 21.0. The summed E-state index contributed by atoms with van der Waals surface area (Å²) in [6, 6.07) is 5.40. The van der Waals surface area contributed by atoms with Gasteiger partial charge in [0.1, 0.15) is 11.4 Å². The zero-order chi connectivity index (χ0) is 21.1. The first-order chi connectivity index (χ1) is 13.8. The molecule has 2 aromatic carbocycles. The van der Waals surface area contributed by atoms with E-state index in [-0.39, 0.29) is 38.8 Å². The lowest BCUT2D eigenvalue weighted by atomic mass is 10.2. The zero-order valence-corrected chi connectivity index (χ0v) is 16.6. The van der Waals surface area contributed by atoms with Crippen molar-refractivity contribution >= 4 is 44.7 Å². The van der Waals surface area contributed by atoms with E-state index in [0.717, 1.165) is 35.6 Å². The second kappa shape index (κ2) is 8.76. The first-order valence-electron chi connectivity index (χ1n) is 8.41. The predicted octanol–water partition coefficient (Wildman–Crippen LogP) is 4.32. The van der Waals surface area contributed by atoms with E-state index in [4.69, 9.17) is 16.3 Å². The number of benzene rings is 2. The van der Waals surface area contributed by atoms with Gasteiger partial charge in [-0.25, -0.2) is 8.78 Å². The van der Waals surface area contributed by atoms with Gasteiger partial charge in [0, 0.05) is 30.3 Å². The molecule has 152 valence electrons. The molecule has 0 atom stereocenters. The molecule has 0 bridgehead atoms. The monoisotopic (exact) mass is 441 g/mol. The summed E-state index contributed by atoms with van der Waals surface area (Å²) in [5, 5.41) is 11.3. The summed E-state index contributed by atoms with van der Waals surface area (Å²) in [6.07, 6.45) is 0. The van der Waals surface area contributed by atoms with Gasteiger partial charge in [-0.1, -0.05) is 22.9 Å². The van der Waals surface area contributed by atoms with Gasteiger partial charge in [-0.15, -0.1) is 0 Å². The van der Waals surface area contributed by atoms with Gasteiger partial charge < -0.3 is 9.30 Å². The smallest absolute Gasteiger partial charge is 0.286 e. The molecule has 0 aliphatic rings.